The van der Waals surface area contributed by atoms with Gasteiger partial charge < -0.3 is 9.42 Å². The number of carbonyl (C=O) groups is 1. The third-order valence-electron chi connectivity index (χ3n) is 4.91. The number of alkyl halides is 3. The molecule has 1 unspecified atom stereocenters. The molecule has 0 radical (unpaired) electrons. The van der Waals surface area contributed by atoms with Gasteiger partial charge >= 0.3 is 6.18 Å². The lowest BCUT2D eigenvalue weighted by Crippen LogP contribution is -2.24. The van der Waals surface area contributed by atoms with E-state index in [1.807, 2.05) is 6.07 Å². The normalized spacial score (nSPS) is 16.7. The van der Waals surface area contributed by atoms with Crippen molar-refractivity contribution in [3.8, 4) is 17.5 Å². The summed E-state index contributed by atoms with van der Waals surface area (Å²) < 4.78 is 43.4. The van der Waals surface area contributed by atoms with Crippen molar-refractivity contribution in [1.82, 2.24) is 15.0 Å². The summed E-state index contributed by atoms with van der Waals surface area (Å²) in [6.07, 6.45) is -4.20. The number of carbonyl (C=O) groups excluding carboxylic acids is 1. The van der Waals surface area contributed by atoms with Gasteiger partial charge in [0, 0.05) is 31.0 Å². The third-order valence-corrected chi connectivity index (χ3v) is 4.91. The zero-order valence-corrected chi connectivity index (χ0v) is 15.6. The topological polar surface area (TPSA) is 83.0 Å². The van der Waals surface area contributed by atoms with E-state index in [0.29, 0.717) is 29.1 Å². The number of hydrogen-bond acceptors (Lipinski definition) is 5. The molecular weight excluding hydrogens is 397 g/mol. The van der Waals surface area contributed by atoms with Gasteiger partial charge in [0.2, 0.25) is 5.91 Å². The Balaban J connectivity index is 1.45. The van der Waals surface area contributed by atoms with E-state index >= 15 is 0 Å². The van der Waals surface area contributed by atoms with Crippen molar-refractivity contribution in [2.75, 3.05) is 6.54 Å². The van der Waals surface area contributed by atoms with E-state index in [1.165, 1.54) is 12.1 Å². The van der Waals surface area contributed by atoms with Crippen molar-refractivity contribution in [3.05, 3.63) is 71.0 Å². The second-order valence-corrected chi connectivity index (χ2v) is 7.02. The minimum atomic E-state index is -4.39. The van der Waals surface area contributed by atoms with Crippen LogP contribution in [0.2, 0.25) is 0 Å². The molecule has 1 amide bonds. The molecule has 2 heterocycles. The zero-order valence-electron chi connectivity index (χ0n) is 15.6. The van der Waals surface area contributed by atoms with Gasteiger partial charge in [-0.1, -0.05) is 23.4 Å². The van der Waals surface area contributed by atoms with Crippen LogP contribution in [0.1, 0.15) is 34.9 Å². The predicted octanol–water partition coefficient (Wildman–Crippen LogP) is 4.14. The number of rotatable bonds is 4. The third kappa shape index (κ3) is 4.03. The van der Waals surface area contributed by atoms with E-state index in [2.05, 4.69) is 10.1 Å². The Hall–Kier alpha value is -3.67. The molecule has 1 aliphatic heterocycles. The van der Waals surface area contributed by atoms with E-state index in [1.54, 1.807) is 29.2 Å². The number of benzene rings is 2. The van der Waals surface area contributed by atoms with E-state index in [9.17, 15) is 18.0 Å². The van der Waals surface area contributed by atoms with Crippen molar-refractivity contribution in [3.63, 3.8) is 0 Å². The number of amides is 1. The van der Waals surface area contributed by atoms with Crippen LogP contribution < -0.4 is 0 Å². The quantitative estimate of drug-likeness (QED) is 0.643. The molecule has 9 heteroatoms. The molecule has 0 bridgehead atoms. The van der Waals surface area contributed by atoms with Crippen LogP contribution in [0.4, 0.5) is 13.2 Å². The van der Waals surface area contributed by atoms with Gasteiger partial charge in [0.15, 0.2) is 5.82 Å². The number of aromatic nitrogens is 2. The highest BCUT2D eigenvalue weighted by Crippen LogP contribution is 2.31. The molecule has 4 rings (SSSR count). The Labute approximate surface area is 169 Å². The highest BCUT2D eigenvalue weighted by Gasteiger charge is 2.34. The number of nitrogens with zero attached hydrogens (tertiary/aromatic N) is 4. The standard InChI is InChI=1S/C21H15F3N4O2/c22-21(23,24)17-6-4-13(5-7-17)11-28-12-16(9-18(28)29)19-26-20(30-27-19)15-3-1-2-14(8-15)10-25/h1-8,16H,9,11-12H2. The Kier molecular flexibility index (Phi) is 4.99. The maximum absolute atomic E-state index is 12.7. The van der Waals surface area contributed by atoms with E-state index in [-0.39, 0.29) is 30.7 Å². The van der Waals surface area contributed by atoms with E-state index in [4.69, 9.17) is 9.78 Å². The molecule has 1 fully saturated rings. The molecule has 1 saturated heterocycles. The summed E-state index contributed by atoms with van der Waals surface area (Å²) in [7, 11) is 0. The molecule has 0 spiro atoms. The molecule has 1 aliphatic rings. The minimum absolute atomic E-state index is 0.127. The largest absolute Gasteiger partial charge is 0.416 e. The van der Waals surface area contributed by atoms with Crippen LogP contribution in [0.3, 0.4) is 0 Å². The summed E-state index contributed by atoms with van der Waals surface area (Å²) in [5.74, 6) is 0.243. The molecule has 0 saturated carbocycles. The fourth-order valence-electron chi connectivity index (χ4n) is 3.36. The van der Waals surface area contributed by atoms with E-state index < -0.39 is 11.7 Å². The van der Waals surface area contributed by atoms with Gasteiger partial charge in [0.25, 0.3) is 5.89 Å². The average Bonchev–Trinajstić information content (AvgIpc) is 3.35. The zero-order chi connectivity index (χ0) is 21.3. The second-order valence-electron chi connectivity index (χ2n) is 7.02. The SMILES string of the molecule is N#Cc1cccc(-c2nc(C3CC(=O)N(Cc4ccc(C(F)(F)F)cc4)C3)no2)c1. The summed E-state index contributed by atoms with van der Waals surface area (Å²) >= 11 is 0. The van der Waals surface area contributed by atoms with Crippen LogP contribution in [0.5, 0.6) is 0 Å². The van der Waals surface area contributed by atoms with E-state index in [0.717, 1.165) is 12.1 Å². The number of nitriles is 1. The molecule has 30 heavy (non-hydrogen) atoms. The molecule has 152 valence electrons. The van der Waals surface area contributed by atoms with Crippen molar-refractivity contribution in [2.24, 2.45) is 0 Å². The number of halogens is 3. The monoisotopic (exact) mass is 412 g/mol. The van der Waals surface area contributed by atoms with Gasteiger partial charge in [0.1, 0.15) is 0 Å². The first-order valence-corrected chi connectivity index (χ1v) is 9.11. The van der Waals surface area contributed by atoms with Crippen LogP contribution in [-0.4, -0.2) is 27.5 Å². The van der Waals surface area contributed by atoms with Gasteiger partial charge in [0.05, 0.1) is 17.2 Å². The second kappa shape index (κ2) is 7.63. The predicted molar refractivity (Wildman–Crippen MR) is 98.7 cm³/mol. The van der Waals surface area contributed by atoms with Crippen LogP contribution in [0.15, 0.2) is 53.1 Å². The van der Waals surface area contributed by atoms with Crippen LogP contribution >= 0.6 is 0 Å². The molecule has 1 atom stereocenters. The summed E-state index contributed by atoms with van der Waals surface area (Å²) in [6.45, 7) is 0.555. The van der Waals surface area contributed by atoms with Crippen LogP contribution in [0, 0.1) is 11.3 Å². The summed E-state index contributed by atoms with van der Waals surface area (Å²) in [6, 6.07) is 13.6. The minimum Gasteiger partial charge on any atom is -0.338 e. The average molecular weight is 412 g/mol. The fraction of sp³-hybridized carbons (Fsp3) is 0.238. The molecule has 0 aliphatic carbocycles. The van der Waals surface area contributed by atoms with Gasteiger partial charge in [-0.05, 0) is 35.9 Å². The first-order valence-electron chi connectivity index (χ1n) is 9.11. The maximum Gasteiger partial charge on any atom is 0.416 e. The first-order chi connectivity index (χ1) is 14.3. The molecule has 0 N–H and O–H groups in total. The van der Waals surface area contributed by atoms with Gasteiger partial charge in [-0.2, -0.15) is 23.4 Å². The summed E-state index contributed by atoms with van der Waals surface area (Å²) in [4.78, 5) is 18.3. The fourth-order valence-corrected chi connectivity index (χ4v) is 3.36. The Morgan fingerprint density at radius 1 is 1.20 bits per heavy atom. The molecular formula is C21H15F3N4O2. The van der Waals surface area contributed by atoms with Crippen molar-refractivity contribution < 1.29 is 22.5 Å². The Morgan fingerprint density at radius 3 is 2.67 bits per heavy atom. The maximum atomic E-state index is 12.7. The molecule has 6 nitrogen and oxygen atoms in total. The lowest BCUT2D eigenvalue weighted by atomic mass is 10.1. The molecule has 2 aromatic carbocycles. The Morgan fingerprint density at radius 2 is 1.97 bits per heavy atom. The van der Waals surface area contributed by atoms with Crippen molar-refractivity contribution in [2.45, 2.75) is 25.1 Å². The lowest BCUT2D eigenvalue weighted by molar-refractivity contribution is -0.137. The van der Waals surface area contributed by atoms with Gasteiger partial charge in [-0.15, -0.1) is 0 Å². The van der Waals surface area contributed by atoms with Crippen molar-refractivity contribution >= 4 is 5.91 Å². The highest BCUT2D eigenvalue weighted by atomic mass is 19.4. The van der Waals surface area contributed by atoms with Crippen LogP contribution in [0.25, 0.3) is 11.5 Å². The lowest BCUT2D eigenvalue weighted by Gasteiger charge is -2.16. The van der Waals surface area contributed by atoms with Gasteiger partial charge in [-0.25, -0.2) is 0 Å². The van der Waals surface area contributed by atoms with Crippen molar-refractivity contribution in [1.29, 1.82) is 5.26 Å². The number of hydrogen-bond donors (Lipinski definition) is 0. The van der Waals surface area contributed by atoms with Gasteiger partial charge in [-0.3, -0.25) is 4.79 Å². The summed E-state index contributed by atoms with van der Waals surface area (Å²) in [5.41, 5.74) is 0.959. The Bertz CT molecular complexity index is 1120. The number of likely N-dealkylation sites (tertiary alicyclic amines) is 1. The summed E-state index contributed by atoms with van der Waals surface area (Å²) in [5, 5.41) is 13.0. The highest BCUT2D eigenvalue weighted by molar-refractivity contribution is 5.79. The smallest absolute Gasteiger partial charge is 0.338 e. The van der Waals surface area contributed by atoms with Crippen LogP contribution in [-0.2, 0) is 17.5 Å². The first kappa shape index (κ1) is 19.6. The molecule has 3 aromatic rings. The molecule has 1 aromatic heterocycles.